The van der Waals surface area contributed by atoms with Gasteiger partial charge in [0.25, 0.3) is 0 Å². The van der Waals surface area contributed by atoms with Crippen LogP contribution in [0.4, 0.5) is 0 Å². The van der Waals surface area contributed by atoms with Crippen molar-refractivity contribution in [2.75, 3.05) is 13.2 Å². The normalized spacial score (nSPS) is 22.1. The van der Waals surface area contributed by atoms with Crippen molar-refractivity contribution >= 4 is 59.7 Å². The van der Waals surface area contributed by atoms with Crippen LogP contribution in [-0.4, -0.2) is 189 Å². The largest absolute Gasteiger partial charge is 0.519 e. The Morgan fingerprint density at radius 3 is 1.21 bits per heavy atom. The molecule has 0 aromatic rings. The molecule has 0 saturated carbocycles. The van der Waals surface area contributed by atoms with Crippen LogP contribution in [0.15, 0.2) is 0 Å². The Balaban J connectivity index is 5.24. The molecule has 0 bridgehead atoms. The number of aliphatic hydroxyl groups is 10. The van der Waals surface area contributed by atoms with Gasteiger partial charge in [0.15, 0.2) is 0 Å². The zero-order chi connectivity index (χ0) is 59.5. The van der Waals surface area contributed by atoms with Crippen molar-refractivity contribution in [1.29, 1.82) is 0 Å². The van der Waals surface area contributed by atoms with Crippen molar-refractivity contribution < 1.29 is 151 Å². The van der Waals surface area contributed by atoms with Gasteiger partial charge in [-0.15, -0.1) is 0 Å². The summed E-state index contributed by atoms with van der Waals surface area (Å²) in [5.74, 6) is -57.0. The summed E-state index contributed by atoms with van der Waals surface area (Å²) in [5, 5.41) is 114. The van der Waals surface area contributed by atoms with Gasteiger partial charge in [-0.25, -0.2) is 4.79 Å². The Morgan fingerprint density at radius 1 is 0.494 bits per heavy atom. The molecule has 0 aromatic carbocycles. The van der Waals surface area contributed by atoms with E-state index >= 15 is 4.79 Å². The molecule has 3 unspecified atom stereocenters. The summed E-state index contributed by atoms with van der Waals surface area (Å²) in [7, 11) is 0. The maximum atomic E-state index is 15.8. The molecule has 1 heterocycles. The molecule has 0 aliphatic carbocycles. The molecule has 1 aliphatic heterocycles. The van der Waals surface area contributed by atoms with Crippen molar-refractivity contribution in [2.24, 2.45) is 5.92 Å². The van der Waals surface area contributed by atoms with Gasteiger partial charge in [0.05, 0.1) is 6.61 Å². The van der Waals surface area contributed by atoms with E-state index < -0.39 is 195 Å². The third kappa shape index (κ3) is 15.5. The third-order valence-corrected chi connectivity index (χ3v) is 10.9. The molecule has 0 radical (unpaired) electrons. The van der Waals surface area contributed by atoms with Gasteiger partial charge in [0.1, 0.15) is 36.9 Å². The first kappa shape index (κ1) is 69.3. The topological polar surface area (TPSA) is 475 Å². The van der Waals surface area contributed by atoms with Crippen LogP contribution in [-0.2, 0) is 100 Å². The maximum absolute atomic E-state index is 15.8. The highest BCUT2D eigenvalue weighted by atomic mass is 17.0. The van der Waals surface area contributed by atoms with Crippen LogP contribution in [0.1, 0.15) is 146 Å². The van der Waals surface area contributed by atoms with E-state index in [0.717, 1.165) is 20.8 Å². The van der Waals surface area contributed by atoms with Crippen LogP contribution in [0.25, 0.3) is 0 Å². The molecule has 77 heavy (non-hydrogen) atoms. The highest BCUT2D eigenvalue weighted by Gasteiger charge is 2.85. The van der Waals surface area contributed by atoms with Crippen LogP contribution in [0.5, 0.6) is 0 Å². The summed E-state index contributed by atoms with van der Waals surface area (Å²) in [6, 6.07) is 0. The predicted octanol–water partition coefficient (Wildman–Crippen LogP) is -2.50. The molecule has 442 valence electrons. The minimum Gasteiger partial charge on any atom is -0.423 e. The van der Waals surface area contributed by atoms with Crippen LogP contribution in [0.2, 0.25) is 0 Å². The van der Waals surface area contributed by atoms with Crippen molar-refractivity contribution in [2.45, 2.75) is 211 Å². The lowest BCUT2D eigenvalue weighted by Gasteiger charge is -2.51. The minimum atomic E-state index is -5.67. The minimum absolute atomic E-state index is 0.196. The number of hydrogen-bond donors (Lipinski definition) is 10. The lowest BCUT2D eigenvalue weighted by atomic mass is 9.85. The molecule has 1 rings (SSSR count). The zero-order valence-electron chi connectivity index (χ0n) is 44.0. The van der Waals surface area contributed by atoms with Gasteiger partial charge >= 0.3 is 94.8 Å². The molecule has 0 aromatic heterocycles. The SMILES string of the molecule is CCCC(=O)OC(OC(=O)CCC)(OC(=O)CCC)C(OC(=O)CCC)(OC(=O)CCC)C(=O)OC(O)(OC(=O)C(C)C1(O)O[C@H](CO)[C@@H](O)[C@H](O)[C@H]1O)[C@@](O)(OC(=O)CC)[C@](O)(OC(=O)CC)[C@@](O)(CO)OC(=O)CC. The molecule has 31 heteroatoms. The Hall–Kier alpha value is -5.74. The van der Waals surface area contributed by atoms with Gasteiger partial charge in [-0.3, -0.25) is 43.2 Å². The summed E-state index contributed by atoms with van der Waals surface area (Å²) in [6.45, 7) is 6.27. The van der Waals surface area contributed by atoms with Crippen LogP contribution < -0.4 is 0 Å². The lowest BCUT2D eigenvalue weighted by molar-refractivity contribution is -0.540. The van der Waals surface area contributed by atoms with E-state index in [2.05, 4.69) is 0 Å². The second-order valence-electron chi connectivity index (χ2n) is 17.1. The second-order valence-corrected chi connectivity index (χ2v) is 17.1. The number of carbonyl (C=O) groups is 10. The summed E-state index contributed by atoms with van der Waals surface area (Å²) in [6.07, 6.45) is -18.2. The van der Waals surface area contributed by atoms with E-state index in [1.54, 1.807) is 0 Å². The molecule has 0 amide bonds. The number of rotatable bonds is 32. The highest BCUT2D eigenvalue weighted by molar-refractivity contribution is 5.89. The Labute approximate surface area is 440 Å². The van der Waals surface area contributed by atoms with E-state index in [4.69, 9.17) is 52.1 Å². The number of esters is 10. The van der Waals surface area contributed by atoms with Gasteiger partial charge in [0, 0.05) is 51.4 Å². The van der Waals surface area contributed by atoms with Crippen LogP contribution >= 0.6 is 0 Å². The molecule has 31 nitrogen and oxygen atoms in total. The fourth-order valence-corrected chi connectivity index (χ4v) is 6.65. The van der Waals surface area contributed by atoms with Crippen LogP contribution in [0.3, 0.4) is 0 Å². The quantitative estimate of drug-likeness (QED) is 0.0189. The fourth-order valence-electron chi connectivity index (χ4n) is 6.65. The molecule has 1 aliphatic rings. The summed E-state index contributed by atoms with van der Waals surface area (Å²) < 4.78 is 56.5. The van der Waals surface area contributed by atoms with Crippen molar-refractivity contribution in [3.8, 4) is 0 Å². The van der Waals surface area contributed by atoms with E-state index in [9.17, 15) is 94.2 Å². The molecular weight excluding hydrogens is 1050 g/mol. The van der Waals surface area contributed by atoms with Gasteiger partial charge in [0.2, 0.25) is 5.79 Å². The van der Waals surface area contributed by atoms with Gasteiger partial charge in [-0.05, 0) is 39.0 Å². The van der Waals surface area contributed by atoms with E-state index in [1.165, 1.54) is 34.6 Å². The number of hydrogen-bond acceptors (Lipinski definition) is 31. The molecule has 1 fully saturated rings. The van der Waals surface area contributed by atoms with Gasteiger partial charge < -0.3 is 103 Å². The second kappa shape index (κ2) is 29.3. The first-order valence-corrected chi connectivity index (χ1v) is 24.5. The number of aliphatic hydroxyl groups excluding tert-OH is 5. The first-order chi connectivity index (χ1) is 35.8. The molecule has 10 N–H and O–H groups in total. The third-order valence-electron chi connectivity index (χ3n) is 10.9. The number of ether oxygens (including phenoxy) is 11. The van der Waals surface area contributed by atoms with E-state index in [0.29, 0.717) is 6.92 Å². The van der Waals surface area contributed by atoms with E-state index in [-0.39, 0.29) is 32.1 Å². The van der Waals surface area contributed by atoms with Crippen molar-refractivity contribution in [3.63, 3.8) is 0 Å². The molecule has 0 spiro atoms. The average Bonchev–Trinajstić information content (AvgIpc) is 3.35. The van der Waals surface area contributed by atoms with Gasteiger partial charge in [-0.2, -0.15) is 0 Å². The van der Waals surface area contributed by atoms with Crippen LogP contribution in [0, 0.1) is 5.92 Å². The monoisotopic (exact) mass is 1120 g/mol. The average molecular weight is 1120 g/mol. The number of carbonyl (C=O) groups excluding carboxylic acids is 10. The summed E-state index contributed by atoms with van der Waals surface area (Å²) >= 11 is 0. The maximum Gasteiger partial charge on any atom is 0.519 e. The summed E-state index contributed by atoms with van der Waals surface area (Å²) in [4.78, 5) is 139. The molecule has 10 atom stereocenters. The Morgan fingerprint density at radius 2 is 0.857 bits per heavy atom. The highest BCUT2D eigenvalue weighted by Crippen LogP contribution is 2.48. The zero-order valence-corrected chi connectivity index (χ0v) is 44.0. The Bertz CT molecular complexity index is 2010. The van der Waals surface area contributed by atoms with Crippen molar-refractivity contribution in [1.82, 2.24) is 0 Å². The molecule has 1 saturated heterocycles. The predicted molar refractivity (Wildman–Crippen MR) is 243 cm³/mol. The Kier molecular flexibility index (Phi) is 26.4. The molecular formula is C46H72O31. The standard InChI is InChI=1S/C46H72O31/c1-10-18-30(52)69-42(70-31(53)19-11-2,46(73-32(54)20-12-3,74-33(55)21-13-4)75-34(56)22-14-5)39(61)77-45(66,76-38(60)25(9)41(63)37(59)36(58)35(57)26(23-47)67-41)44(65,72-29(51)17-8)43(64,71-28(50)16-7)40(62,24-48)68-27(49)15-6/h25-26,35-37,47-48,57-59,62-66H,10-24H2,1-9H3/t25?,26-,35-,36+,37-,40-,41?,43-,44+,45?/m1/s1. The van der Waals surface area contributed by atoms with Gasteiger partial charge in [-0.1, -0.05) is 55.4 Å². The summed E-state index contributed by atoms with van der Waals surface area (Å²) in [5.41, 5.74) is 0. The van der Waals surface area contributed by atoms with Crippen molar-refractivity contribution in [3.05, 3.63) is 0 Å². The lowest BCUT2D eigenvalue weighted by Crippen LogP contribution is -2.82. The van der Waals surface area contributed by atoms with E-state index in [1.807, 2.05) is 0 Å². The first-order valence-electron chi connectivity index (χ1n) is 24.5. The smallest absolute Gasteiger partial charge is 0.423 e. The fraction of sp³-hybridized carbons (Fsp3) is 0.783.